The molecule has 20 heavy (non-hydrogen) atoms. The minimum atomic E-state index is -0.0913. The van der Waals surface area contributed by atoms with Crippen LogP contribution < -0.4 is 0 Å². The van der Waals surface area contributed by atoms with E-state index in [0.29, 0.717) is 6.04 Å². The topological polar surface area (TPSA) is 43.7 Å². The predicted molar refractivity (Wildman–Crippen MR) is 82.7 cm³/mol. The third-order valence-corrected chi connectivity index (χ3v) is 4.77. The van der Waals surface area contributed by atoms with Crippen molar-refractivity contribution in [1.29, 1.82) is 0 Å². The van der Waals surface area contributed by atoms with Crippen LogP contribution in [-0.4, -0.2) is 40.9 Å². The molecule has 0 aliphatic heterocycles. The van der Waals surface area contributed by atoms with Gasteiger partial charge in [0.25, 0.3) is 0 Å². The molecule has 0 unspecified atom stereocenters. The Balaban J connectivity index is 1.97. The summed E-state index contributed by atoms with van der Waals surface area (Å²) in [5, 5.41) is 18.0. The summed E-state index contributed by atoms with van der Waals surface area (Å²) in [4.78, 5) is 4.70. The second-order valence-corrected chi connectivity index (χ2v) is 6.38. The van der Waals surface area contributed by atoms with E-state index in [4.69, 9.17) is 5.11 Å². The van der Waals surface area contributed by atoms with Crippen LogP contribution in [0.2, 0.25) is 0 Å². The molecule has 0 atom stereocenters. The molecule has 2 N–H and O–H groups in total. The zero-order valence-electron chi connectivity index (χ0n) is 11.8. The molecule has 0 radical (unpaired) electrons. The van der Waals surface area contributed by atoms with Gasteiger partial charge in [-0.2, -0.15) is 0 Å². The average Bonchev–Trinajstić information content (AvgIpc) is 2.93. The highest BCUT2D eigenvalue weighted by Crippen LogP contribution is 2.25. The molecule has 0 amide bonds. The monoisotopic (exact) mass is 293 g/mol. The number of hydrogen-bond donors (Lipinski definition) is 2. The maximum absolute atomic E-state index is 9.28. The van der Waals surface area contributed by atoms with E-state index in [0.717, 1.165) is 18.0 Å². The molecule has 1 aromatic rings. The van der Waals surface area contributed by atoms with E-state index < -0.39 is 0 Å². The lowest BCUT2D eigenvalue weighted by Crippen LogP contribution is -2.38. The molecule has 2 rings (SSSR count). The van der Waals surface area contributed by atoms with Crippen LogP contribution in [-0.2, 0) is 6.54 Å². The average molecular weight is 293 g/mol. The van der Waals surface area contributed by atoms with Crippen molar-refractivity contribution in [2.75, 3.05) is 19.8 Å². The molecule has 4 heteroatoms. The zero-order chi connectivity index (χ0) is 14.2. The Hall–Kier alpha value is -0.860. The van der Waals surface area contributed by atoms with Gasteiger partial charge in [0.05, 0.1) is 11.5 Å². The highest BCUT2D eigenvalue weighted by atomic mass is 32.1. The summed E-state index contributed by atoms with van der Waals surface area (Å²) in [6, 6.07) is 4.74. The van der Waals surface area contributed by atoms with E-state index in [1.807, 2.05) is 6.07 Å². The van der Waals surface area contributed by atoms with Gasteiger partial charge in [-0.05, 0) is 25.0 Å². The number of thiophene rings is 1. The Labute approximate surface area is 125 Å². The van der Waals surface area contributed by atoms with Gasteiger partial charge in [0, 0.05) is 24.0 Å². The second kappa shape index (κ2) is 8.43. The van der Waals surface area contributed by atoms with Gasteiger partial charge >= 0.3 is 0 Å². The van der Waals surface area contributed by atoms with Crippen LogP contribution in [0.25, 0.3) is 0 Å². The van der Waals surface area contributed by atoms with Gasteiger partial charge in [-0.1, -0.05) is 31.1 Å². The van der Waals surface area contributed by atoms with E-state index >= 15 is 0 Å². The molecule has 1 aliphatic rings. The van der Waals surface area contributed by atoms with Crippen molar-refractivity contribution in [3.05, 3.63) is 21.9 Å². The molecule has 1 aliphatic carbocycles. The molecule has 1 heterocycles. The van der Waals surface area contributed by atoms with E-state index in [1.54, 1.807) is 11.3 Å². The van der Waals surface area contributed by atoms with Crippen molar-refractivity contribution < 1.29 is 10.2 Å². The first-order chi connectivity index (χ1) is 9.83. The van der Waals surface area contributed by atoms with Gasteiger partial charge in [-0.3, -0.25) is 4.90 Å². The standard InChI is InChI=1S/C16H23NO2S/c18-11-4-7-15-8-9-16(20-15)13-17(10-12-19)14-5-2-1-3-6-14/h8-9,14,18-19H,1-3,5-6,10-13H2. The van der Waals surface area contributed by atoms with Crippen LogP contribution in [0.4, 0.5) is 0 Å². The van der Waals surface area contributed by atoms with Crippen molar-refractivity contribution in [2.24, 2.45) is 0 Å². The molecule has 0 spiro atoms. The quantitative estimate of drug-likeness (QED) is 0.818. The molecular weight excluding hydrogens is 270 g/mol. The molecule has 3 nitrogen and oxygen atoms in total. The maximum Gasteiger partial charge on any atom is 0.104 e. The van der Waals surface area contributed by atoms with Gasteiger partial charge < -0.3 is 10.2 Å². The van der Waals surface area contributed by atoms with E-state index in [-0.39, 0.29) is 13.2 Å². The Morgan fingerprint density at radius 1 is 1.20 bits per heavy atom. The number of hydrogen-bond acceptors (Lipinski definition) is 4. The lowest BCUT2D eigenvalue weighted by atomic mass is 9.94. The minimum absolute atomic E-state index is 0.0913. The minimum Gasteiger partial charge on any atom is -0.395 e. The molecule has 0 aromatic carbocycles. The Morgan fingerprint density at radius 3 is 2.70 bits per heavy atom. The third-order valence-electron chi connectivity index (χ3n) is 3.79. The molecule has 1 saturated carbocycles. The first kappa shape index (κ1) is 15.5. The largest absolute Gasteiger partial charge is 0.395 e. The fourth-order valence-corrected chi connectivity index (χ4v) is 3.73. The highest BCUT2D eigenvalue weighted by molar-refractivity contribution is 7.12. The zero-order valence-corrected chi connectivity index (χ0v) is 12.7. The summed E-state index contributed by atoms with van der Waals surface area (Å²) >= 11 is 1.68. The van der Waals surface area contributed by atoms with Crippen molar-refractivity contribution in [3.63, 3.8) is 0 Å². The van der Waals surface area contributed by atoms with Crippen molar-refractivity contribution in [2.45, 2.75) is 44.7 Å². The van der Waals surface area contributed by atoms with Crippen LogP contribution >= 0.6 is 11.3 Å². The molecular formula is C16H23NO2S. The van der Waals surface area contributed by atoms with Crippen molar-refractivity contribution in [1.82, 2.24) is 4.90 Å². The molecule has 110 valence electrons. The lowest BCUT2D eigenvalue weighted by molar-refractivity contribution is 0.118. The highest BCUT2D eigenvalue weighted by Gasteiger charge is 2.21. The fourth-order valence-electron chi connectivity index (χ4n) is 2.82. The van der Waals surface area contributed by atoms with Crippen LogP contribution in [0, 0.1) is 11.8 Å². The SMILES string of the molecule is OCC#Cc1ccc(CN(CCO)C2CCCCC2)s1. The lowest BCUT2D eigenvalue weighted by Gasteiger charge is -2.33. The Kier molecular flexibility index (Phi) is 6.55. The molecule has 1 aromatic heterocycles. The van der Waals surface area contributed by atoms with Crippen molar-refractivity contribution >= 4 is 11.3 Å². The van der Waals surface area contributed by atoms with Gasteiger partial charge in [-0.25, -0.2) is 0 Å². The van der Waals surface area contributed by atoms with E-state index in [9.17, 15) is 5.11 Å². The summed E-state index contributed by atoms with van der Waals surface area (Å²) in [6.07, 6.45) is 6.48. The molecule has 1 fully saturated rings. The predicted octanol–water partition coefficient (Wildman–Crippen LogP) is 2.22. The normalized spacial score (nSPS) is 16.1. The maximum atomic E-state index is 9.28. The number of aliphatic hydroxyl groups excluding tert-OH is 2. The molecule has 0 saturated heterocycles. The fraction of sp³-hybridized carbons (Fsp3) is 0.625. The van der Waals surface area contributed by atoms with Gasteiger partial charge in [0.15, 0.2) is 0 Å². The second-order valence-electron chi connectivity index (χ2n) is 5.21. The van der Waals surface area contributed by atoms with Crippen LogP contribution in [0.15, 0.2) is 12.1 Å². The summed E-state index contributed by atoms with van der Waals surface area (Å²) in [7, 11) is 0. The van der Waals surface area contributed by atoms with Gasteiger partial charge in [0.1, 0.15) is 6.61 Å². The Bertz CT molecular complexity index is 455. The van der Waals surface area contributed by atoms with Gasteiger partial charge in [-0.15, -0.1) is 11.3 Å². The van der Waals surface area contributed by atoms with Crippen LogP contribution in [0.3, 0.4) is 0 Å². The first-order valence-corrected chi connectivity index (χ1v) is 8.18. The number of aliphatic hydroxyl groups is 2. The number of rotatable bonds is 5. The summed E-state index contributed by atoms with van der Waals surface area (Å²) < 4.78 is 0. The van der Waals surface area contributed by atoms with Gasteiger partial charge in [0.2, 0.25) is 0 Å². The number of nitrogens with zero attached hydrogens (tertiary/aromatic N) is 1. The van der Waals surface area contributed by atoms with Crippen LogP contribution in [0.1, 0.15) is 41.9 Å². The van der Waals surface area contributed by atoms with Crippen LogP contribution in [0.5, 0.6) is 0 Å². The smallest absolute Gasteiger partial charge is 0.104 e. The summed E-state index contributed by atoms with van der Waals surface area (Å²) in [5.74, 6) is 5.63. The Morgan fingerprint density at radius 2 is 2.00 bits per heavy atom. The van der Waals surface area contributed by atoms with E-state index in [2.05, 4.69) is 22.8 Å². The van der Waals surface area contributed by atoms with Crippen molar-refractivity contribution in [3.8, 4) is 11.8 Å². The first-order valence-electron chi connectivity index (χ1n) is 7.37. The molecule has 0 bridgehead atoms. The summed E-state index contributed by atoms with van der Waals surface area (Å²) in [5.41, 5.74) is 0. The third kappa shape index (κ3) is 4.60. The van der Waals surface area contributed by atoms with E-state index in [1.165, 1.54) is 37.0 Å². The summed E-state index contributed by atoms with van der Waals surface area (Å²) in [6.45, 7) is 1.78.